The van der Waals surface area contributed by atoms with Crippen molar-refractivity contribution in [3.05, 3.63) is 23.8 Å². The van der Waals surface area contributed by atoms with Gasteiger partial charge in [0, 0.05) is 0 Å². The molecule has 0 spiro atoms. The number of hydrogen-bond acceptors (Lipinski definition) is 12. The third-order valence-electron chi connectivity index (χ3n) is 10.8. The molecule has 2 saturated heterocycles. The summed E-state index contributed by atoms with van der Waals surface area (Å²) in [5.41, 5.74) is 1.34. The molecule has 0 aromatic carbocycles. The van der Waals surface area contributed by atoms with Crippen molar-refractivity contribution in [1.82, 2.24) is 0 Å². The Labute approximate surface area is 259 Å². The van der Waals surface area contributed by atoms with Gasteiger partial charge in [0.1, 0.15) is 42.7 Å². The lowest BCUT2D eigenvalue weighted by atomic mass is 9.46. The van der Waals surface area contributed by atoms with Crippen molar-refractivity contribution < 1.29 is 59.8 Å². The minimum absolute atomic E-state index is 0.132. The number of rotatable bonds is 10. The van der Waals surface area contributed by atoms with Crippen LogP contribution in [0.1, 0.15) is 66.2 Å². The third kappa shape index (κ3) is 7.12. The van der Waals surface area contributed by atoms with Gasteiger partial charge in [-0.1, -0.05) is 44.1 Å². The molecule has 0 unspecified atom stereocenters. The van der Waals surface area contributed by atoms with Crippen LogP contribution in [0.25, 0.3) is 0 Å². The van der Waals surface area contributed by atoms with Gasteiger partial charge in [0.15, 0.2) is 12.6 Å². The first-order chi connectivity index (χ1) is 20.6. The molecule has 0 radical (unpaired) electrons. The van der Waals surface area contributed by atoms with E-state index < -0.39 is 79.5 Å². The zero-order valence-electron chi connectivity index (χ0n) is 26.4. The molecule has 4 fully saturated rings. The number of aliphatic hydroxyl groups is 8. The van der Waals surface area contributed by atoms with Crippen LogP contribution in [-0.2, 0) is 18.9 Å². The van der Waals surface area contributed by atoms with E-state index in [9.17, 15) is 40.9 Å². The molecule has 8 N–H and O–H groups in total. The van der Waals surface area contributed by atoms with Gasteiger partial charge in [-0.25, -0.2) is 0 Å². The zero-order chi connectivity index (χ0) is 32.6. The maximum absolute atomic E-state index is 11.4. The molecule has 4 aliphatic rings. The second-order valence-corrected chi connectivity index (χ2v) is 14.1. The van der Waals surface area contributed by atoms with E-state index in [1.54, 1.807) is 6.92 Å². The summed E-state index contributed by atoms with van der Waals surface area (Å²) in [7, 11) is 0. The summed E-state index contributed by atoms with van der Waals surface area (Å²) in [6, 6.07) is 0. The van der Waals surface area contributed by atoms with Gasteiger partial charge in [0.05, 0.1) is 32.0 Å². The minimum atomic E-state index is -1.52. The molecule has 15 atom stereocenters. The molecule has 254 valence electrons. The number of ether oxygens (including phenoxy) is 4. The second-order valence-electron chi connectivity index (χ2n) is 14.1. The highest BCUT2D eigenvalue weighted by Crippen LogP contribution is 2.62. The van der Waals surface area contributed by atoms with Crippen LogP contribution in [0.2, 0.25) is 0 Å². The number of hydrogen-bond donors (Lipinski definition) is 8. The second kappa shape index (κ2) is 14.4. The summed E-state index contributed by atoms with van der Waals surface area (Å²) in [6.45, 7) is 12.1. The topological polar surface area (TPSA) is 199 Å². The number of fused-ring (bicyclic) bond motifs is 1. The standard InChI is InChI=1S/C32H54O12/c1-16(9-12-41-29-26(39)24(37)22(35)18(3)43-29)7-8-19-17(2)13-20(34)28-31(4,10-6-11-32(19,28)5)15-42-30-27(40)25(38)23(36)21(14-33)44-30/h9,18-30,33-40H,2,6-8,10-15H2,1,3-5H3/b16-9+/t18-,19-,20-,21+,22-,23+,24+,25-,26+,27+,28-,29+,30+,31-,32+/m0/s1. The highest BCUT2D eigenvalue weighted by molar-refractivity contribution is 5.19. The van der Waals surface area contributed by atoms with Crippen LogP contribution in [0.3, 0.4) is 0 Å². The SMILES string of the molecule is C=C1C[C@H](O)[C@H]2[C@](C)(CO[C@@H]3O[C@H](CO)[C@@H](O)[C@H](O)[C@H]3O)CCC[C@]2(C)[C@H]1CC/C(C)=C/CO[C@@H]1O[C@@H](C)[C@H](O)[C@@H](O)[C@H]1O. The van der Waals surface area contributed by atoms with E-state index in [1.165, 1.54) is 0 Å². The van der Waals surface area contributed by atoms with Crippen LogP contribution < -0.4 is 0 Å². The fourth-order valence-electron chi connectivity index (χ4n) is 8.35. The Hall–Kier alpha value is -1.00. The number of allylic oxidation sites excluding steroid dienone is 1. The summed E-state index contributed by atoms with van der Waals surface area (Å²) >= 11 is 0. The molecule has 44 heavy (non-hydrogen) atoms. The van der Waals surface area contributed by atoms with Gasteiger partial charge in [-0.2, -0.15) is 0 Å². The molecular formula is C32H54O12. The molecule has 2 saturated carbocycles. The van der Waals surface area contributed by atoms with Crippen molar-refractivity contribution in [2.45, 2.75) is 134 Å². The van der Waals surface area contributed by atoms with Gasteiger partial charge in [0.25, 0.3) is 0 Å². The van der Waals surface area contributed by atoms with Gasteiger partial charge in [0.2, 0.25) is 0 Å². The molecule has 0 amide bonds. The highest BCUT2D eigenvalue weighted by atomic mass is 16.7. The Bertz CT molecular complexity index is 1010. The smallest absolute Gasteiger partial charge is 0.186 e. The summed E-state index contributed by atoms with van der Waals surface area (Å²) < 4.78 is 22.8. The van der Waals surface area contributed by atoms with Crippen molar-refractivity contribution in [1.29, 1.82) is 0 Å². The first kappa shape index (κ1) is 35.8. The van der Waals surface area contributed by atoms with Crippen molar-refractivity contribution in [3.63, 3.8) is 0 Å². The van der Waals surface area contributed by atoms with E-state index >= 15 is 0 Å². The summed E-state index contributed by atoms with van der Waals surface area (Å²) in [5.74, 6) is -0.00139. The molecule has 0 aromatic rings. The van der Waals surface area contributed by atoms with Crippen LogP contribution in [-0.4, -0.2) is 128 Å². The Balaban J connectivity index is 1.39. The average Bonchev–Trinajstić information content (AvgIpc) is 2.96. The Morgan fingerprint density at radius 2 is 1.55 bits per heavy atom. The summed E-state index contributed by atoms with van der Waals surface area (Å²) in [5, 5.41) is 81.9. The first-order valence-corrected chi connectivity index (χ1v) is 15.9. The third-order valence-corrected chi connectivity index (χ3v) is 10.8. The maximum Gasteiger partial charge on any atom is 0.186 e. The van der Waals surface area contributed by atoms with E-state index in [2.05, 4.69) is 20.4 Å². The van der Waals surface area contributed by atoms with Crippen molar-refractivity contribution >= 4 is 0 Å². The lowest BCUT2D eigenvalue weighted by Crippen LogP contribution is -2.61. The molecule has 12 nitrogen and oxygen atoms in total. The Kier molecular flexibility index (Phi) is 11.7. The maximum atomic E-state index is 11.4. The van der Waals surface area contributed by atoms with Gasteiger partial charge >= 0.3 is 0 Å². The predicted molar refractivity (Wildman–Crippen MR) is 158 cm³/mol. The molecule has 2 aliphatic carbocycles. The van der Waals surface area contributed by atoms with Crippen LogP contribution >= 0.6 is 0 Å². The zero-order valence-corrected chi connectivity index (χ0v) is 26.4. The summed E-state index contributed by atoms with van der Waals surface area (Å²) in [4.78, 5) is 0. The van der Waals surface area contributed by atoms with Gasteiger partial charge in [-0.3, -0.25) is 0 Å². The lowest BCUT2D eigenvalue weighted by molar-refractivity contribution is -0.310. The van der Waals surface area contributed by atoms with Crippen LogP contribution in [0.5, 0.6) is 0 Å². The molecule has 0 aromatic heterocycles. The monoisotopic (exact) mass is 630 g/mol. The quantitative estimate of drug-likeness (QED) is 0.152. The summed E-state index contributed by atoms with van der Waals surface area (Å²) in [6.07, 6.45) is -6.42. The number of aliphatic hydroxyl groups excluding tert-OH is 8. The van der Waals surface area contributed by atoms with E-state index in [-0.39, 0.29) is 30.5 Å². The van der Waals surface area contributed by atoms with Crippen LogP contribution in [0.4, 0.5) is 0 Å². The highest BCUT2D eigenvalue weighted by Gasteiger charge is 2.58. The minimum Gasteiger partial charge on any atom is -0.394 e. The van der Waals surface area contributed by atoms with Gasteiger partial charge in [-0.15, -0.1) is 0 Å². The predicted octanol–water partition coefficient (Wildman–Crippen LogP) is 0.123. The first-order valence-electron chi connectivity index (χ1n) is 15.9. The molecule has 2 heterocycles. The average molecular weight is 631 g/mol. The van der Waals surface area contributed by atoms with E-state index in [1.807, 2.05) is 13.0 Å². The Morgan fingerprint density at radius 3 is 2.20 bits per heavy atom. The molecule has 2 aliphatic heterocycles. The van der Waals surface area contributed by atoms with Crippen LogP contribution in [0.15, 0.2) is 23.8 Å². The fourth-order valence-corrected chi connectivity index (χ4v) is 8.35. The van der Waals surface area contributed by atoms with E-state index in [4.69, 9.17) is 18.9 Å². The van der Waals surface area contributed by atoms with Gasteiger partial charge in [-0.05, 0) is 68.6 Å². The van der Waals surface area contributed by atoms with Crippen molar-refractivity contribution in [2.75, 3.05) is 19.8 Å². The Morgan fingerprint density at radius 1 is 0.909 bits per heavy atom. The molecular weight excluding hydrogens is 576 g/mol. The van der Waals surface area contributed by atoms with E-state index in [0.29, 0.717) is 6.42 Å². The largest absolute Gasteiger partial charge is 0.394 e. The molecule has 4 rings (SSSR count). The normalized spacial score (nSPS) is 48.7. The van der Waals surface area contributed by atoms with Gasteiger partial charge < -0.3 is 59.8 Å². The van der Waals surface area contributed by atoms with E-state index in [0.717, 1.165) is 43.3 Å². The van der Waals surface area contributed by atoms with Crippen LogP contribution in [0, 0.1) is 22.7 Å². The fraction of sp³-hybridized carbons (Fsp3) is 0.875. The lowest BCUT2D eigenvalue weighted by Gasteiger charge is -2.60. The van der Waals surface area contributed by atoms with Crippen molar-refractivity contribution in [3.8, 4) is 0 Å². The molecule has 12 heteroatoms. The van der Waals surface area contributed by atoms with Crippen molar-refractivity contribution in [2.24, 2.45) is 22.7 Å². The molecule has 0 bridgehead atoms.